The summed E-state index contributed by atoms with van der Waals surface area (Å²) >= 11 is 0. The second kappa shape index (κ2) is 8.39. The zero-order valence-electron chi connectivity index (χ0n) is 15.9. The Morgan fingerprint density at radius 2 is 1.90 bits per heavy atom. The molecule has 0 saturated carbocycles. The van der Waals surface area contributed by atoms with Gasteiger partial charge in [-0.2, -0.15) is 5.10 Å². The first-order valence-corrected chi connectivity index (χ1v) is 9.24. The molecule has 0 saturated heterocycles. The van der Waals surface area contributed by atoms with Crippen LogP contribution in [-0.2, 0) is 4.79 Å². The number of hydrogen-bond acceptors (Lipinski definition) is 4. The Morgan fingerprint density at radius 1 is 1.07 bits per heavy atom. The highest BCUT2D eigenvalue weighted by Crippen LogP contribution is 2.22. The highest BCUT2D eigenvalue weighted by molar-refractivity contribution is 5.85. The van der Waals surface area contributed by atoms with Crippen LogP contribution in [0.4, 0.5) is 0 Å². The van der Waals surface area contributed by atoms with Crippen molar-refractivity contribution in [2.45, 2.75) is 6.92 Å². The molecular weight excluding hydrogens is 364 g/mol. The molecule has 0 aliphatic rings. The highest BCUT2D eigenvalue weighted by atomic mass is 16.5. The second-order valence-corrected chi connectivity index (χ2v) is 6.48. The SMILES string of the molecule is Cc1ccc(/C=N/NC(=O)COc2cccc3cccnc23)n1-c1ccccc1. The van der Waals surface area contributed by atoms with E-state index >= 15 is 0 Å². The lowest BCUT2D eigenvalue weighted by atomic mass is 10.2. The summed E-state index contributed by atoms with van der Waals surface area (Å²) in [7, 11) is 0. The number of ether oxygens (including phenoxy) is 1. The molecule has 6 heteroatoms. The topological polar surface area (TPSA) is 68.5 Å². The van der Waals surface area contributed by atoms with E-state index in [1.165, 1.54) is 0 Å². The molecule has 0 radical (unpaired) electrons. The molecular formula is C23H20N4O2. The summed E-state index contributed by atoms with van der Waals surface area (Å²) in [5.41, 5.74) is 6.22. The van der Waals surface area contributed by atoms with Gasteiger partial charge in [-0.25, -0.2) is 5.43 Å². The van der Waals surface area contributed by atoms with Gasteiger partial charge < -0.3 is 9.30 Å². The maximum absolute atomic E-state index is 12.1. The van der Waals surface area contributed by atoms with Gasteiger partial charge in [-0.1, -0.05) is 36.4 Å². The number of pyridine rings is 1. The summed E-state index contributed by atoms with van der Waals surface area (Å²) in [5.74, 6) is 0.222. The number of fused-ring (bicyclic) bond motifs is 1. The van der Waals surface area contributed by atoms with Crippen LogP contribution < -0.4 is 10.2 Å². The molecule has 0 aliphatic heterocycles. The Morgan fingerprint density at radius 3 is 2.76 bits per heavy atom. The molecule has 0 spiro atoms. The fraction of sp³-hybridized carbons (Fsp3) is 0.0870. The Hall–Kier alpha value is -3.93. The number of rotatable bonds is 6. The average molecular weight is 384 g/mol. The molecule has 144 valence electrons. The van der Waals surface area contributed by atoms with Gasteiger partial charge in [0.15, 0.2) is 6.61 Å². The maximum atomic E-state index is 12.1. The molecule has 4 aromatic rings. The molecule has 4 rings (SSSR count). The molecule has 2 heterocycles. The fourth-order valence-corrected chi connectivity index (χ4v) is 3.13. The van der Waals surface area contributed by atoms with Gasteiger partial charge in [0.1, 0.15) is 11.3 Å². The summed E-state index contributed by atoms with van der Waals surface area (Å²) in [4.78, 5) is 16.4. The average Bonchev–Trinajstić information content (AvgIpc) is 3.13. The molecule has 1 amide bonds. The van der Waals surface area contributed by atoms with E-state index in [1.807, 2.05) is 73.7 Å². The maximum Gasteiger partial charge on any atom is 0.277 e. The van der Waals surface area contributed by atoms with Crippen LogP contribution in [-0.4, -0.2) is 28.3 Å². The lowest BCUT2D eigenvalue weighted by molar-refractivity contribution is -0.123. The normalized spacial score (nSPS) is 11.1. The van der Waals surface area contributed by atoms with Crippen molar-refractivity contribution in [3.05, 3.63) is 90.4 Å². The van der Waals surface area contributed by atoms with E-state index in [0.717, 1.165) is 28.0 Å². The minimum absolute atomic E-state index is 0.147. The number of carbonyl (C=O) groups excluding carboxylic acids is 1. The van der Waals surface area contributed by atoms with Crippen molar-refractivity contribution in [3.8, 4) is 11.4 Å². The first-order chi connectivity index (χ1) is 14.2. The number of hydrogen-bond donors (Lipinski definition) is 1. The number of amides is 1. The third-order valence-corrected chi connectivity index (χ3v) is 4.46. The van der Waals surface area contributed by atoms with Crippen LogP contribution >= 0.6 is 0 Å². The molecule has 0 unspecified atom stereocenters. The number of aromatic nitrogens is 2. The molecule has 0 atom stereocenters. The van der Waals surface area contributed by atoms with E-state index in [4.69, 9.17) is 4.74 Å². The minimum atomic E-state index is -0.344. The second-order valence-electron chi connectivity index (χ2n) is 6.48. The number of hydrazone groups is 1. The van der Waals surface area contributed by atoms with Gasteiger partial charge in [0, 0.05) is 23.0 Å². The van der Waals surface area contributed by atoms with Gasteiger partial charge in [0.05, 0.1) is 11.9 Å². The van der Waals surface area contributed by atoms with Crippen molar-refractivity contribution >= 4 is 23.0 Å². The van der Waals surface area contributed by atoms with E-state index in [9.17, 15) is 4.79 Å². The van der Waals surface area contributed by atoms with Crippen LogP contribution in [0.3, 0.4) is 0 Å². The smallest absolute Gasteiger partial charge is 0.277 e. The molecule has 2 aromatic carbocycles. The summed E-state index contributed by atoms with van der Waals surface area (Å²) in [5, 5.41) is 5.03. The van der Waals surface area contributed by atoms with Crippen molar-refractivity contribution in [1.82, 2.24) is 15.0 Å². The zero-order chi connectivity index (χ0) is 20.1. The monoisotopic (exact) mass is 384 g/mol. The molecule has 0 aliphatic carbocycles. The highest BCUT2D eigenvalue weighted by Gasteiger charge is 2.07. The fourth-order valence-electron chi connectivity index (χ4n) is 3.13. The number of nitrogens with zero attached hydrogens (tertiary/aromatic N) is 3. The molecule has 29 heavy (non-hydrogen) atoms. The van der Waals surface area contributed by atoms with Gasteiger partial charge in [0.25, 0.3) is 5.91 Å². The lowest BCUT2D eigenvalue weighted by Gasteiger charge is -2.09. The number of para-hydroxylation sites is 2. The van der Waals surface area contributed by atoms with Gasteiger partial charge in [-0.05, 0) is 43.3 Å². The Kier molecular flexibility index (Phi) is 5.33. The van der Waals surface area contributed by atoms with Crippen molar-refractivity contribution in [1.29, 1.82) is 0 Å². The largest absolute Gasteiger partial charge is 0.481 e. The summed E-state index contributed by atoms with van der Waals surface area (Å²) in [6.45, 7) is 1.88. The van der Waals surface area contributed by atoms with E-state index < -0.39 is 0 Å². The first-order valence-electron chi connectivity index (χ1n) is 9.24. The Labute approximate surface area is 168 Å². The quantitative estimate of drug-likeness (QED) is 0.405. The van der Waals surface area contributed by atoms with E-state index in [1.54, 1.807) is 18.5 Å². The van der Waals surface area contributed by atoms with Crippen LogP contribution in [0.15, 0.2) is 84.1 Å². The van der Waals surface area contributed by atoms with Gasteiger partial charge in [-0.15, -0.1) is 0 Å². The van der Waals surface area contributed by atoms with Crippen LogP contribution in [0, 0.1) is 6.92 Å². The number of nitrogens with one attached hydrogen (secondary N) is 1. The molecule has 0 bridgehead atoms. The molecule has 0 fully saturated rings. The van der Waals surface area contributed by atoms with Gasteiger partial charge >= 0.3 is 0 Å². The molecule has 6 nitrogen and oxygen atoms in total. The van der Waals surface area contributed by atoms with E-state index in [0.29, 0.717) is 5.75 Å². The van der Waals surface area contributed by atoms with Crippen LogP contribution in [0.25, 0.3) is 16.6 Å². The summed E-state index contributed by atoms with van der Waals surface area (Å²) < 4.78 is 7.69. The third kappa shape index (κ3) is 4.16. The molecule has 2 aromatic heterocycles. The number of aryl methyl sites for hydroxylation is 1. The van der Waals surface area contributed by atoms with Crippen LogP contribution in [0.2, 0.25) is 0 Å². The van der Waals surface area contributed by atoms with Crippen molar-refractivity contribution in [2.75, 3.05) is 6.61 Å². The van der Waals surface area contributed by atoms with Gasteiger partial charge in [0.2, 0.25) is 0 Å². The first kappa shape index (κ1) is 18.4. The van der Waals surface area contributed by atoms with E-state index in [2.05, 4.69) is 20.1 Å². The van der Waals surface area contributed by atoms with Crippen molar-refractivity contribution in [3.63, 3.8) is 0 Å². The Bertz CT molecular complexity index is 1160. The summed E-state index contributed by atoms with van der Waals surface area (Å²) in [6.07, 6.45) is 3.32. The minimum Gasteiger partial charge on any atom is -0.481 e. The third-order valence-electron chi connectivity index (χ3n) is 4.46. The number of benzene rings is 2. The Balaban J connectivity index is 1.40. The van der Waals surface area contributed by atoms with Crippen LogP contribution in [0.5, 0.6) is 5.75 Å². The zero-order valence-corrected chi connectivity index (χ0v) is 15.9. The predicted molar refractivity (Wildman–Crippen MR) is 113 cm³/mol. The lowest BCUT2D eigenvalue weighted by Crippen LogP contribution is -2.24. The van der Waals surface area contributed by atoms with Crippen molar-refractivity contribution in [2.24, 2.45) is 5.10 Å². The summed E-state index contributed by atoms with van der Waals surface area (Å²) in [6, 6.07) is 23.4. The van der Waals surface area contributed by atoms with Crippen molar-refractivity contribution < 1.29 is 9.53 Å². The predicted octanol–water partition coefficient (Wildman–Crippen LogP) is 3.86. The van der Waals surface area contributed by atoms with Crippen LogP contribution in [0.1, 0.15) is 11.4 Å². The van der Waals surface area contributed by atoms with E-state index in [-0.39, 0.29) is 12.5 Å². The molecule has 1 N–H and O–H groups in total. The van der Waals surface area contributed by atoms with Gasteiger partial charge in [-0.3, -0.25) is 9.78 Å². The number of carbonyl (C=O) groups is 1. The standard InChI is InChI=1S/C23H20N4O2/c1-17-12-13-20(27(17)19-9-3-2-4-10-19)15-25-26-22(28)16-29-21-11-5-7-18-8-6-14-24-23(18)21/h2-15H,16H2,1H3,(H,26,28)/b25-15+.